The van der Waals surface area contributed by atoms with Gasteiger partial charge in [0, 0.05) is 29.7 Å². The van der Waals surface area contributed by atoms with Gasteiger partial charge < -0.3 is 20.7 Å². The van der Waals surface area contributed by atoms with Crippen LogP contribution in [0.1, 0.15) is 41.6 Å². The van der Waals surface area contributed by atoms with E-state index in [1.165, 1.54) is 49.8 Å². The Morgan fingerprint density at radius 1 is 1.05 bits per heavy atom. The van der Waals surface area contributed by atoms with Crippen molar-refractivity contribution >= 4 is 28.9 Å². The van der Waals surface area contributed by atoms with Gasteiger partial charge in [0.1, 0.15) is 6.04 Å². The van der Waals surface area contributed by atoms with E-state index in [1.807, 2.05) is 0 Å². The van der Waals surface area contributed by atoms with Crippen molar-refractivity contribution in [1.29, 1.82) is 0 Å². The number of methoxy groups -OCH3 is 1. The molecule has 1 saturated carbocycles. The van der Waals surface area contributed by atoms with Crippen LogP contribution in [-0.2, 0) is 11.0 Å². The number of nitrogens with one attached hydrogen (secondary N) is 3. The highest BCUT2D eigenvalue weighted by Gasteiger charge is 2.34. The predicted molar refractivity (Wildman–Crippen MR) is 132 cm³/mol. The van der Waals surface area contributed by atoms with E-state index in [9.17, 15) is 22.8 Å². The molecule has 1 fully saturated rings. The van der Waals surface area contributed by atoms with E-state index in [0.29, 0.717) is 29.6 Å². The predicted octanol–water partition coefficient (Wildman–Crippen LogP) is 5.17. The van der Waals surface area contributed by atoms with Gasteiger partial charge in [-0.05, 0) is 55.2 Å². The number of nitrogens with zero attached hydrogens (tertiary/aromatic N) is 2. The lowest BCUT2D eigenvalue weighted by molar-refractivity contribution is -0.137. The summed E-state index contributed by atoms with van der Waals surface area (Å²) >= 11 is 0. The highest BCUT2D eigenvalue weighted by Crippen LogP contribution is 2.35. The van der Waals surface area contributed by atoms with E-state index in [4.69, 9.17) is 4.74 Å². The van der Waals surface area contributed by atoms with Crippen LogP contribution in [0.25, 0.3) is 0 Å². The fourth-order valence-corrected chi connectivity index (χ4v) is 3.71. The Kier molecular flexibility index (Phi) is 7.90. The largest absolute Gasteiger partial charge is 0.481 e. The minimum absolute atomic E-state index is 0.149. The van der Waals surface area contributed by atoms with Crippen LogP contribution in [0.3, 0.4) is 0 Å². The molecule has 1 aromatic carbocycles. The second kappa shape index (κ2) is 11.3. The Hall–Kier alpha value is -4.15. The quantitative estimate of drug-likeness (QED) is 0.345. The third kappa shape index (κ3) is 7.18. The number of carbonyl (C=O) groups is 2. The lowest BCUT2D eigenvalue weighted by Crippen LogP contribution is -2.43. The van der Waals surface area contributed by atoms with Gasteiger partial charge in [0.05, 0.1) is 30.2 Å². The van der Waals surface area contributed by atoms with E-state index in [1.54, 1.807) is 12.1 Å². The van der Waals surface area contributed by atoms with Crippen molar-refractivity contribution in [3.63, 3.8) is 0 Å². The van der Waals surface area contributed by atoms with E-state index < -0.39 is 23.7 Å². The second-order valence-electron chi connectivity index (χ2n) is 8.75. The maximum absolute atomic E-state index is 13.2. The van der Waals surface area contributed by atoms with E-state index >= 15 is 0 Å². The van der Waals surface area contributed by atoms with Gasteiger partial charge in [0.15, 0.2) is 0 Å². The summed E-state index contributed by atoms with van der Waals surface area (Å²) in [7, 11) is 1.49. The SMILES string of the molecule is COc1ccc(NC(=O)C(CCC2CC2)NC(=O)c2ccc(Nc3ccncc3C(F)(F)F)cc2)cn1. The van der Waals surface area contributed by atoms with Gasteiger partial charge in [0.25, 0.3) is 5.91 Å². The smallest absolute Gasteiger partial charge is 0.419 e. The molecule has 1 atom stereocenters. The zero-order valence-corrected chi connectivity index (χ0v) is 20.0. The number of benzene rings is 1. The van der Waals surface area contributed by atoms with Crippen molar-refractivity contribution in [2.75, 3.05) is 17.7 Å². The van der Waals surface area contributed by atoms with Crippen molar-refractivity contribution in [3.8, 4) is 5.88 Å². The maximum atomic E-state index is 13.2. The summed E-state index contributed by atoms with van der Waals surface area (Å²) in [4.78, 5) is 33.5. The Morgan fingerprint density at radius 2 is 1.78 bits per heavy atom. The number of amides is 2. The van der Waals surface area contributed by atoms with Gasteiger partial charge in [0.2, 0.25) is 11.8 Å². The number of pyridine rings is 2. The lowest BCUT2D eigenvalue weighted by Gasteiger charge is -2.19. The van der Waals surface area contributed by atoms with Crippen molar-refractivity contribution < 1.29 is 27.5 Å². The van der Waals surface area contributed by atoms with Crippen LogP contribution in [0.4, 0.5) is 30.2 Å². The van der Waals surface area contributed by atoms with E-state index in [2.05, 4.69) is 25.9 Å². The van der Waals surface area contributed by atoms with Crippen molar-refractivity contribution in [3.05, 3.63) is 72.2 Å². The maximum Gasteiger partial charge on any atom is 0.419 e. The minimum Gasteiger partial charge on any atom is -0.481 e. The van der Waals surface area contributed by atoms with Gasteiger partial charge in [-0.15, -0.1) is 0 Å². The van der Waals surface area contributed by atoms with Gasteiger partial charge in [-0.2, -0.15) is 13.2 Å². The molecule has 3 aromatic rings. The van der Waals surface area contributed by atoms with Gasteiger partial charge in [-0.3, -0.25) is 14.6 Å². The average Bonchev–Trinajstić information content (AvgIpc) is 3.71. The molecule has 2 heterocycles. The second-order valence-corrected chi connectivity index (χ2v) is 8.75. The van der Waals surface area contributed by atoms with Crippen LogP contribution >= 0.6 is 0 Å². The number of aromatic nitrogens is 2. The van der Waals surface area contributed by atoms with Crippen molar-refractivity contribution in [1.82, 2.24) is 15.3 Å². The highest BCUT2D eigenvalue weighted by molar-refractivity contribution is 6.01. The van der Waals surface area contributed by atoms with Gasteiger partial charge >= 0.3 is 6.18 Å². The van der Waals surface area contributed by atoms with Crippen LogP contribution < -0.4 is 20.7 Å². The molecule has 37 heavy (non-hydrogen) atoms. The van der Waals surface area contributed by atoms with Crippen LogP contribution in [0.2, 0.25) is 0 Å². The standard InChI is InChI=1S/C26H26F3N5O3/c1-37-23-11-9-19(14-31-23)33-25(36)22(10-4-16-2-3-16)34-24(35)17-5-7-18(8-6-17)32-21-12-13-30-15-20(21)26(27,28)29/h5-9,11-16,22H,2-4,10H2,1H3,(H,30,32)(H,33,36)(H,34,35). The molecule has 1 aliphatic rings. The highest BCUT2D eigenvalue weighted by atomic mass is 19.4. The molecule has 8 nitrogen and oxygen atoms in total. The zero-order chi connectivity index (χ0) is 26.4. The third-order valence-electron chi connectivity index (χ3n) is 5.95. The molecular weight excluding hydrogens is 487 g/mol. The topological polar surface area (TPSA) is 105 Å². The fraction of sp³-hybridized carbons (Fsp3) is 0.308. The molecule has 1 aliphatic carbocycles. The molecule has 194 valence electrons. The summed E-state index contributed by atoms with van der Waals surface area (Å²) in [6.07, 6.45) is 2.44. The van der Waals surface area contributed by atoms with E-state index in [-0.39, 0.29) is 17.2 Å². The van der Waals surface area contributed by atoms with Crippen LogP contribution in [0.5, 0.6) is 5.88 Å². The number of rotatable bonds is 10. The van der Waals surface area contributed by atoms with Crippen molar-refractivity contribution in [2.45, 2.75) is 37.9 Å². The molecule has 2 aromatic heterocycles. The number of hydrogen-bond acceptors (Lipinski definition) is 6. The Balaban J connectivity index is 1.41. The monoisotopic (exact) mass is 513 g/mol. The first-order valence-electron chi connectivity index (χ1n) is 11.7. The van der Waals surface area contributed by atoms with Crippen LogP contribution in [0, 0.1) is 5.92 Å². The lowest BCUT2D eigenvalue weighted by atomic mass is 10.1. The summed E-state index contributed by atoms with van der Waals surface area (Å²) in [5.74, 6) is 0.148. The van der Waals surface area contributed by atoms with Gasteiger partial charge in [-0.25, -0.2) is 4.98 Å². The van der Waals surface area contributed by atoms with E-state index in [0.717, 1.165) is 25.5 Å². The van der Waals surface area contributed by atoms with Crippen molar-refractivity contribution in [2.24, 2.45) is 5.92 Å². The normalized spacial score (nSPS) is 13.9. The Bertz CT molecular complexity index is 1230. The number of alkyl halides is 3. The molecule has 1 unspecified atom stereocenters. The average molecular weight is 514 g/mol. The zero-order valence-electron chi connectivity index (χ0n) is 20.0. The molecule has 0 aliphatic heterocycles. The molecule has 2 amide bonds. The number of anilines is 3. The number of carbonyl (C=O) groups excluding carboxylic acids is 2. The number of hydrogen-bond donors (Lipinski definition) is 3. The molecule has 0 bridgehead atoms. The first-order valence-corrected chi connectivity index (χ1v) is 11.7. The first kappa shape index (κ1) is 25.9. The molecule has 0 radical (unpaired) electrons. The molecule has 0 saturated heterocycles. The summed E-state index contributed by atoms with van der Waals surface area (Å²) in [5.41, 5.74) is 0.0640. The first-order chi connectivity index (χ1) is 17.7. The number of halogens is 3. The summed E-state index contributed by atoms with van der Waals surface area (Å²) < 4.78 is 44.7. The third-order valence-corrected chi connectivity index (χ3v) is 5.95. The molecule has 3 N–H and O–H groups in total. The Labute approximate surface area is 211 Å². The van der Waals surface area contributed by atoms with Crippen LogP contribution in [-0.4, -0.2) is 34.9 Å². The summed E-state index contributed by atoms with van der Waals surface area (Å²) in [6, 6.07) is 9.69. The Morgan fingerprint density at radius 3 is 2.41 bits per heavy atom. The molecular formula is C26H26F3N5O3. The van der Waals surface area contributed by atoms with Gasteiger partial charge in [-0.1, -0.05) is 12.8 Å². The fourth-order valence-electron chi connectivity index (χ4n) is 3.71. The number of ether oxygens (including phenoxy) is 1. The molecule has 11 heteroatoms. The summed E-state index contributed by atoms with van der Waals surface area (Å²) in [5, 5.41) is 8.26. The molecule has 0 spiro atoms. The molecule has 4 rings (SSSR count). The minimum atomic E-state index is -4.56. The van der Waals surface area contributed by atoms with Crippen LogP contribution in [0.15, 0.2) is 61.1 Å². The summed E-state index contributed by atoms with van der Waals surface area (Å²) in [6.45, 7) is 0.